The maximum atomic E-state index is 6.00. The smallest absolute Gasteiger partial charge is 0.150 e. The molecular formula is C15H19N3O. The van der Waals surface area contributed by atoms with Crippen LogP contribution in [0.2, 0.25) is 0 Å². The van der Waals surface area contributed by atoms with Gasteiger partial charge in [-0.3, -0.25) is 0 Å². The summed E-state index contributed by atoms with van der Waals surface area (Å²) in [4.78, 5) is 8.89. The molecule has 1 aromatic heterocycles. The van der Waals surface area contributed by atoms with Crippen molar-refractivity contribution in [1.29, 1.82) is 0 Å². The SMILES string of the molecule is COc1c(-c2nc(C)c(C)nc2N)ccc(C)c1C. The third-order valence-corrected chi connectivity index (χ3v) is 3.47. The monoisotopic (exact) mass is 257 g/mol. The Labute approximate surface area is 113 Å². The normalized spacial score (nSPS) is 10.6. The zero-order valence-corrected chi connectivity index (χ0v) is 12.0. The van der Waals surface area contributed by atoms with E-state index in [-0.39, 0.29) is 0 Å². The van der Waals surface area contributed by atoms with Crippen molar-refractivity contribution in [2.24, 2.45) is 0 Å². The lowest BCUT2D eigenvalue weighted by Crippen LogP contribution is -2.04. The number of nitrogen functional groups attached to an aromatic ring is 1. The average Bonchev–Trinajstić information content (AvgIpc) is 2.37. The second-order valence-corrected chi connectivity index (χ2v) is 4.72. The molecule has 0 fully saturated rings. The van der Waals surface area contributed by atoms with Crippen LogP contribution in [0, 0.1) is 27.7 Å². The molecular weight excluding hydrogens is 238 g/mol. The van der Waals surface area contributed by atoms with E-state index in [1.807, 2.05) is 32.9 Å². The first kappa shape index (κ1) is 13.3. The van der Waals surface area contributed by atoms with Crippen LogP contribution in [0.3, 0.4) is 0 Å². The molecule has 1 heterocycles. The highest BCUT2D eigenvalue weighted by Crippen LogP contribution is 2.35. The van der Waals surface area contributed by atoms with Gasteiger partial charge in [0.15, 0.2) is 0 Å². The Kier molecular flexibility index (Phi) is 3.42. The Morgan fingerprint density at radius 1 is 1.00 bits per heavy atom. The molecule has 0 aliphatic carbocycles. The minimum Gasteiger partial charge on any atom is -0.496 e. The summed E-state index contributed by atoms with van der Waals surface area (Å²) in [6.07, 6.45) is 0. The third kappa shape index (κ3) is 2.26. The molecule has 2 rings (SSSR count). The van der Waals surface area contributed by atoms with Crippen LogP contribution in [-0.4, -0.2) is 17.1 Å². The molecule has 0 amide bonds. The van der Waals surface area contributed by atoms with Gasteiger partial charge in [-0.05, 0) is 44.9 Å². The van der Waals surface area contributed by atoms with Gasteiger partial charge in [-0.1, -0.05) is 6.07 Å². The minimum absolute atomic E-state index is 0.435. The molecule has 0 spiro atoms. The predicted octanol–water partition coefficient (Wildman–Crippen LogP) is 2.97. The number of aryl methyl sites for hydroxylation is 3. The van der Waals surface area contributed by atoms with Crippen LogP contribution in [0.25, 0.3) is 11.3 Å². The topological polar surface area (TPSA) is 61.0 Å². The molecule has 0 aliphatic rings. The lowest BCUT2D eigenvalue weighted by molar-refractivity contribution is 0.413. The molecule has 0 bridgehead atoms. The number of aromatic nitrogens is 2. The zero-order valence-electron chi connectivity index (χ0n) is 12.0. The molecule has 0 radical (unpaired) electrons. The number of nitrogens with zero attached hydrogens (tertiary/aromatic N) is 2. The number of rotatable bonds is 2. The van der Waals surface area contributed by atoms with E-state index < -0.39 is 0 Å². The van der Waals surface area contributed by atoms with E-state index in [1.165, 1.54) is 5.56 Å². The number of anilines is 1. The van der Waals surface area contributed by atoms with Crippen LogP contribution in [0.4, 0.5) is 5.82 Å². The molecule has 4 nitrogen and oxygen atoms in total. The highest BCUT2D eigenvalue weighted by molar-refractivity contribution is 5.77. The largest absolute Gasteiger partial charge is 0.496 e. The molecule has 0 saturated carbocycles. The van der Waals surface area contributed by atoms with Gasteiger partial charge in [0.05, 0.1) is 18.5 Å². The quantitative estimate of drug-likeness (QED) is 0.898. The minimum atomic E-state index is 0.435. The number of methoxy groups -OCH3 is 1. The van der Waals surface area contributed by atoms with E-state index >= 15 is 0 Å². The first-order valence-corrected chi connectivity index (χ1v) is 6.21. The summed E-state index contributed by atoms with van der Waals surface area (Å²) in [5.74, 6) is 1.24. The van der Waals surface area contributed by atoms with Gasteiger partial charge in [0.25, 0.3) is 0 Å². The van der Waals surface area contributed by atoms with Crippen molar-refractivity contribution in [3.8, 4) is 17.0 Å². The maximum Gasteiger partial charge on any atom is 0.150 e. The molecule has 4 heteroatoms. The molecule has 100 valence electrons. The molecule has 0 atom stereocenters. The summed E-state index contributed by atoms with van der Waals surface area (Å²) < 4.78 is 5.51. The number of hydrogen-bond acceptors (Lipinski definition) is 4. The summed E-state index contributed by atoms with van der Waals surface area (Å²) in [5.41, 5.74) is 11.6. The lowest BCUT2D eigenvalue weighted by atomic mass is 10.0. The van der Waals surface area contributed by atoms with E-state index in [4.69, 9.17) is 10.5 Å². The van der Waals surface area contributed by atoms with Gasteiger partial charge in [0.1, 0.15) is 17.3 Å². The third-order valence-electron chi connectivity index (χ3n) is 3.47. The van der Waals surface area contributed by atoms with Crippen LogP contribution < -0.4 is 10.5 Å². The standard InChI is InChI=1S/C15H19N3O/c1-8-6-7-12(14(19-5)9(8)2)13-15(16)18-11(4)10(3)17-13/h6-7H,1-5H3,(H2,16,18). The van der Waals surface area contributed by atoms with E-state index in [1.54, 1.807) is 7.11 Å². The highest BCUT2D eigenvalue weighted by Gasteiger charge is 2.15. The molecule has 19 heavy (non-hydrogen) atoms. The first-order chi connectivity index (χ1) is 8.95. The number of ether oxygens (including phenoxy) is 1. The van der Waals surface area contributed by atoms with E-state index in [9.17, 15) is 0 Å². The van der Waals surface area contributed by atoms with Crippen molar-refractivity contribution in [2.75, 3.05) is 12.8 Å². The lowest BCUT2D eigenvalue weighted by Gasteiger charge is -2.15. The average molecular weight is 257 g/mol. The molecule has 2 aromatic rings. The Bertz CT molecular complexity index is 636. The van der Waals surface area contributed by atoms with Crippen molar-refractivity contribution in [2.45, 2.75) is 27.7 Å². The van der Waals surface area contributed by atoms with Crippen molar-refractivity contribution >= 4 is 5.82 Å². The van der Waals surface area contributed by atoms with E-state index in [0.29, 0.717) is 11.5 Å². The first-order valence-electron chi connectivity index (χ1n) is 6.21. The second kappa shape index (κ2) is 4.88. The molecule has 2 N–H and O–H groups in total. The number of benzene rings is 1. The molecule has 0 aliphatic heterocycles. The molecule has 0 saturated heterocycles. The summed E-state index contributed by atoms with van der Waals surface area (Å²) in [7, 11) is 1.66. The Morgan fingerprint density at radius 3 is 2.26 bits per heavy atom. The van der Waals surface area contributed by atoms with Crippen LogP contribution >= 0.6 is 0 Å². The van der Waals surface area contributed by atoms with Gasteiger partial charge in [0.2, 0.25) is 0 Å². The van der Waals surface area contributed by atoms with Gasteiger partial charge in [-0.2, -0.15) is 0 Å². The zero-order chi connectivity index (χ0) is 14.2. The number of nitrogens with two attached hydrogens (primary N) is 1. The summed E-state index contributed by atoms with van der Waals surface area (Å²) >= 11 is 0. The van der Waals surface area contributed by atoms with Gasteiger partial charge >= 0.3 is 0 Å². The Balaban J connectivity index is 2.72. The Hall–Kier alpha value is -2.10. The van der Waals surface area contributed by atoms with Crippen molar-refractivity contribution in [3.63, 3.8) is 0 Å². The van der Waals surface area contributed by atoms with Gasteiger partial charge < -0.3 is 10.5 Å². The fourth-order valence-corrected chi connectivity index (χ4v) is 2.06. The summed E-state index contributed by atoms with van der Waals surface area (Å²) in [6, 6.07) is 4.03. The van der Waals surface area contributed by atoms with Crippen LogP contribution in [0.5, 0.6) is 5.75 Å². The highest BCUT2D eigenvalue weighted by atomic mass is 16.5. The van der Waals surface area contributed by atoms with Crippen molar-refractivity contribution < 1.29 is 4.74 Å². The Morgan fingerprint density at radius 2 is 1.63 bits per heavy atom. The maximum absolute atomic E-state index is 6.00. The van der Waals surface area contributed by atoms with Crippen LogP contribution in [0.15, 0.2) is 12.1 Å². The summed E-state index contributed by atoms with van der Waals surface area (Å²) in [5, 5.41) is 0. The van der Waals surface area contributed by atoms with Gasteiger partial charge in [0, 0.05) is 5.56 Å². The summed E-state index contributed by atoms with van der Waals surface area (Å²) in [6.45, 7) is 7.91. The van der Waals surface area contributed by atoms with Crippen LogP contribution in [0.1, 0.15) is 22.5 Å². The fraction of sp³-hybridized carbons (Fsp3) is 0.333. The second-order valence-electron chi connectivity index (χ2n) is 4.72. The molecule has 0 unspecified atom stereocenters. The van der Waals surface area contributed by atoms with Crippen molar-refractivity contribution in [3.05, 3.63) is 34.6 Å². The fourth-order valence-electron chi connectivity index (χ4n) is 2.06. The molecule has 1 aromatic carbocycles. The van der Waals surface area contributed by atoms with Crippen LogP contribution in [-0.2, 0) is 0 Å². The van der Waals surface area contributed by atoms with E-state index in [2.05, 4.69) is 16.9 Å². The van der Waals surface area contributed by atoms with Crippen molar-refractivity contribution in [1.82, 2.24) is 9.97 Å². The number of hydrogen-bond donors (Lipinski definition) is 1. The van der Waals surface area contributed by atoms with Gasteiger partial charge in [-0.15, -0.1) is 0 Å². The predicted molar refractivity (Wildman–Crippen MR) is 77.4 cm³/mol. The van der Waals surface area contributed by atoms with Gasteiger partial charge in [-0.25, -0.2) is 9.97 Å². The van der Waals surface area contributed by atoms with E-state index in [0.717, 1.165) is 28.3 Å².